The number of hydrogen-bond acceptors (Lipinski definition) is 5. The smallest absolute Gasteiger partial charge is 0.337 e. The van der Waals surface area contributed by atoms with Crippen molar-refractivity contribution in [1.82, 2.24) is 0 Å². The summed E-state index contributed by atoms with van der Waals surface area (Å²) in [5.74, 6) is -0.300. The minimum atomic E-state index is -0.300. The van der Waals surface area contributed by atoms with Gasteiger partial charge in [-0.25, -0.2) is 4.79 Å². The van der Waals surface area contributed by atoms with Crippen molar-refractivity contribution in [1.29, 1.82) is 0 Å². The molecule has 0 spiro atoms. The van der Waals surface area contributed by atoms with Crippen LogP contribution in [0.5, 0.6) is 0 Å². The molecule has 0 aliphatic heterocycles. The van der Waals surface area contributed by atoms with Crippen molar-refractivity contribution in [3.63, 3.8) is 0 Å². The first-order valence-corrected chi connectivity index (χ1v) is 12.5. The molecule has 2 heterocycles. The topological polar surface area (TPSA) is 38.3 Å². The molecule has 3 nitrogen and oxygen atoms in total. The number of thiophene rings is 2. The van der Waals surface area contributed by atoms with E-state index in [0.29, 0.717) is 5.56 Å². The molecule has 0 fully saturated rings. The molecule has 0 amide bonds. The van der Waals surface area contributed by atoms with Crippen LogP contribution in [-0.4, -0.2) is 19.6 Å². The SMILES string of the molecule is CCCCCCCCCNc1cc(C(=O)OC)cc(-c2ccc(-c3cccs3)s2)c1. The predicted molar refractivity (Wildman–Crippen MR) is 131 cm³/mol. The fourth-order valence-corrected chi connectivity index (χ4v) is 5.29. The monoisotopic (exact) mass is 441 g/mol. The van der Waals surface area contributed by atoms with Crippen molar-refractivity contribution in [2.45, 2.75) is 51.9 Å². The van der Waals surface area contributed by atoms with E-state index in [1.54, 1.807) is 22.7 Å². The van der Waals surface area contributed by atoms with Crippen LogP contribution in [0.15, 0.2) is 47.8 Å². The third-order valence-corrected chi connectivity index (χ3v) is 7.32. The van der Waals surface area contributed by atoms with Crippen LogP contribution in [0.1, 0.15) is 62.2 Å². The van der Waals surface area contributed by atoms with Gasteiger partial charge >= 0.3 is 5.97 Å². The Morgan fingerprint density at radius 1 is 0.933 bits per heavy atom. The van der Waals surface area contributed by atoms with Gasteiger partial charge in [-0.15, -0.1) is 22.7 Å². The highest BCUT2D eigenvalue weighted by Gasteiger charge is 2.12. The lowest BCUT2D eigenvalue weighted by Gasteiger charge is -2.11. The van der Waals surface area contributed by atoms with Crippen LogP contribution in [0, 0.1) is 0 Å². The Hall–Kier alpha value is -2.11. The summed E-state index contributed by atoms with van der Waals surface area (Å²) in [5, 5.41) is 5.61. The number of carbonyl (C=O) groups excluding carboxylic acids is 1. The van der Waals surface area contributed by atoms with Crippen molar-refractivity contribution >= 4 is 34.3 Å². The highest BCUT2D eigenvalue weighted by Crippen LogP contribution is 2.37. The van der Waals surface area contributed by atoms with Crippen molar-refractivity contribution in [3.05, 3.63) is 53.4 Å². The fourth-order valence-electron chi connectivity index (χ4n) is 3.47. The minimum absolute atomic E-state index is 0.300. The summed E-state index contributed by atoms with van der Waals surface area (Å²) in [6.45, 7) is 3.17. The second kappa shape index (κ2) is 11.9. The molecule has 0 bridgehead atoms. The van der Waals surface area contributed by atoms with Gasteiger partial charge in [0.1, 0.15) is 0 Å². The quantitative estimate of drug-likeness (QED) is 0.228. The van der Waals surface area contributed by atoms with Crippen molar-refractivity contribution in [2.24, 2.45) is 0 Å². The van der Waals surface area contributed by atoms with Gasteiger partial charge in [0, 0.05) is 26.9 Å². The van der Waals surface area contributed by atoms with E-state index in [2.05, 4.69) is 48.0 Å². The highest BCUT2D eigenvalue weighted by molar-refractivity contribution is 7.23. The van der Waals surface area contributed by atoms with Crippen LogP contribution in [0.3, 0.4) is 0 Å². The first-order valence-electron chi connectivity index (χ1n) is 10.8. The summed E-state index contributed by atoms with van der Waals surface area (Å²) in [6, 6.07) is 14.5. The van der Waals surface area contributed by atoms with Crippen LogP contribution in [0.25, 0.3) is 20.2 Å². The molecule has 5 heteroatoms. The molecule has 0 saturated carbocycles. The maximum Gasteiger partial charge on any atom is 0.337 e. The van der Waals surface area contributed by atoms with E-state index < -0.39 is 0 Å². The van der Waals surface area contributed by atoms with E-state index in [1.807, 2.05) is 12.1 Å². The van der Waals surface area contributed by atoms with Gasteiger partial charge in [0.2, 0.25) is 0 Å². The Morgan fingerprint density at radius 2 is 1.70 bits per heavy atom. The van der Waals surface area contributed by atoms with E-state index in [0.717, 1.165) is 29.1 Å². The molecule has 0 aliphatic rings. The van der Waals surface area contributed by atoms with Gasteiger partial charge in [-0.3, -0.25) is 0 Å². The molecule has 3 aromatic rings. The number of anilines is 1. The number of nitrogens with one attached hydrogen (secondary N) is 1. The van der Waals surface area contributed by atoms with Crippen molar-refractivity contribution < 1.29 is 9.53 Å². The molecule has 0 aliphatic carbocycles. The maximum atomic E-state index is 12.2. The fraction of sp³-hybridized carbons (Fsp3) is 0.400. The van der Waals surface area contributed by atoms with Gasteiger partial charge in [-0.05, 0) is 53.8 Å². The molecule has 0 atom stereocenters. The van der Waals surface area contributed by atoms with E-state index in [4.69, 9.17) is 4.74 Å². The number of hydrogen-bond donors (Lipinski definition) is 1. The Bertz CT molecular complexity index is 915. The average Bonchev–Trinajstić information content (AvgIpc) is 3.46. The lowest BCUT2D eigenvalue weighted by atomic mass is 10.1. The molecule has 0 unspecified atom stereocenters. The van der Waals surface area contributed by atoms with E-state index in [9.17, 15) is 4.79 Å². The van der Waals surface area contributed by atoms with Crippen molar-refractivity contribution in [2.75, 3.05) is 19.0 Å². The average molecular weight is 442 g/mol. The van der Waals surface area contributed by atoms with Crippen LogP contribution in [-0.2, 0) is 4.74 Å². The van der Waals surface area contributed by atoms with Crippen molar-refractivity contribution in [3.8, 4) is 20.2 Å². The number of rotatable bonds is 12. The minimum Gasteiger partial charge on any atom is -0.465 e. The Balaban J connectivity index is 1.66. The number of methoxy groups -OCH3 is 1. The second-order valence-corrected chi connectivity index (χ2v) is 9.51. The van der Waals surface area contributed by atoms with E-state index in [-0.39, 0.29) is 5.97 Å². The maximum absolute atomic E-state index is 12.2. The summed E-state index contributed by atoms with van der Waals surface area (Å²) in [6.07, 6.45) is 9.01. The van der Waals surface area contributed by atoms with Gasteiger partial charge in [-0.2, -0.15) is 0 Å². The van der Waals surface area contributed by atoms with Gasteiger partial charge in [0.05, 0.1) is 12.7 Å². The highest BCUT2D eigenvalue weighted by atomic mass is 32.1. The molecule has 1 N–H and O–H groups in total. The Labute approximate surface area is 188 Å². The Kier molecular flexibility index (Phi) is 8.97. The summed E-state index contributed by atoms with van der Waals surface area (Å²) in [4.78, 5) is 15.9. The molecule has 160 valence electrons. The van der Waals surface area contributed by atoms with Gasteiger partial charge in [0.25, 0.3) is 0 Å². The normalized spacial score (nSPS) is 10.9. The summed E-state index contributed by atoms with van der Waals surface area (Å²) in [7, 11) is 1.43. The molecule has 3 rings (SSSR count). The molecule has 2 aromatic heterocycles. The van der Waals surface area contributed by atoms with E-state index >= 15 is 0 Å². The zero-order chi connectivity index (χ0) is 21.2. The van der Waals surface area contributed by atoms with Gasteiger partial charge in [-0.1, -0.05) is 51.5 Å². The largest absolute Gasteiger partial charge is 0.465 e. The summed E-state index contributed by atoms with van der Waals surface area (Å²) >= 11 is 3.50. The standard InChI is InChI=1S/C25H31NO2S2/c1-3-4-5-6-7-8-9-14-26-21-17-19(16-20(18-21)25(27)28-2)22-12-13-24(30-22)23-11-10-15-29-23/h10-13,15-18,26H,3-9,14H2,1-2H3. The van der Waals surface area contributed by atoms with Gasteiger partial charge < -0.3 is 10.1 Å². The molecular weight excluding hydrogens is 410 g/mol. The number of benzene rings is 1. The number of esters is 1. The first kappa shape index (κ1) is 22.6. The third-order valence-electron chi connectivity index (χ3n) is 5.12. The molecule has 0 saturated heterocycles. The zero-order valence-corrected chi connectivity index (χ0v) is 19.5. The van der Waals surface area contributed by atoms with Crippen LogP contribution < -0.4 is 5.32 Å². The second-order valence-electron chi connectivity index (χ2n) is 7.48. The van der Waals surface area contributed by atoms with Gasteiger partial charge in [0.15, 0.2) is 0 Å². The molecule has 1 aromatic carbocycles. The molecular formula is C25H31NO2S2. The predicted octanol–water partition coefficient (Wildman–Crippen LogP) is 8.09. The van der Waals surface area contributed by atoms with Crippen LogP contribution >= 0.6 is 22.7 Å². The van der Waals surface area contributed by atoms with E-state index in [1.165, 1.54) is 55.4 Å². The first-order chi connectivity index (χ1) is 14.7. The molecule has 0 radical (unpaired) electrons. The number of ether oxygens (including phenoxy) is 1. The third kappa shape index (κ3) is 6.44. The molecule has 30 heavy (non-hydrogen) atoms. The lowest BCUT2D eigenvalue weighted by Crippen LogP contribution is -2.05. The Morgan fingerprint density at radius 3 is 2.43 bits per heavy atom. The lowest BCUT2D eigenvalue weighted by molar-refractivity contribution is 0.0601. The number of unbranched alkanes of at least 4 members (excludes halogenated alkanes) is 6. The zero-order valence-electron chi connectivity index (χ0n) is 17.9. The van der Waals surface area contributed by atoms with Crippen LogP contribution in [0.4, 0.5) is 5.69 Å². The van der Waals surface area contributed by atoms with Crippen LogP contribution in [0.2, 0.25) is 0 Å². The summed E-state index contributed by atoms with van der Waals surface area (Å²) < 4.78 is 4.97. The summed E-state index contributed by atoms with van der Waals surface area (Å²) in [5.41, 5.74) is 2.61. The number of carbonyl (C=O) groups is 1.